The highest BCUT2D eigenvalue weighted by Crippen LogP contribution is 2.43. The highest BCUT2D eigenvalue weighted by molar-refractivity contribution is 9.10. The molecular formula is C25H28BrN3O3. The fraction of sp³-hybridized carbons (Fsp3) is 0.440. The molecule has 2 unspecified atom stereocenters. The molecule has 1 fully saturated rings. The van der Waals surface area contributed by atoms with Gasteiger partial charge in [0.2, 0.25) is 11.8 Å². The Kier molecular flexibility index (Phi) is 5.60. The number of halogens is 1. The quantitative estimate of drug-likeness (QED) is 0.619. The van der Waals surface area contributed by atoms with Crippen molar-refractivity contribution < 1.29 is 14.4 Å². The Labute approximate surface area is 197 Å². The monoisotopic (exact) mass is 497 g/mol. The summed E-state index contributed by atoms with van der Waals surface area (Å²) in [7, 11) is 0. The number of hydrogen-bond acceptors (Lipinski definition) is 6. The van der Waals surface area contributed by atoms with Gasteiger partial charge in [0, 0.05) is 35.1 Å². The molecule has 3 aliphatic heterocycles. The predicted molar refractivity (Wildman–Crippen MR) is 128 cm³/mol. The van der Waals surface area contributed by atoms with Crippen molar-refractivity contribution in [2.45, 2.75) is 45.9 Å². The standard InChI is InChI=1S/C25H28BrN3O3/c1-15-6-5-7-16(2)22(15)23-25(24(31-28-23)29-8-10-30-11-9-29)14-20(27-32-25)21-17(3)12-19(26)13-18(21)4/h5-7,12-13,24H,8-11,14H2,1-4H3. The summed E-state index contributed by atoms with van der Waals surface area (Å²) < 4.78 is 6.65. The average Bonchev–Trinajstić information content (AvgIpc) is 3.33. The Morgan fingerprint density at radius 2 is 1.59 bits per heavy atom. The van der Waals surface area contributed by atoms with Crippen LogP contribution in [0.1, 0.15) is 39.8 Å². The Balaban J connectivity index is 1.58. The SMILES string of the molecule is Cc1cc(Br)cc(C)c1C1=NOC2(C1)C(c1c(C)cccc1C)=NOC2N1CCOCC1. The van der Waals surface area contributed by atoms with Gasteiger partial charge in [0.15, 0.2) is 0 Å². The number of benzene rings is 2. The van der Waals surface area contributed by atoms with Crippen molar-refractivity contribution in [2.75, 3.05) is 26.3 Å². The van der Waals surface area contributed by atoms with Crippen molar-refractivity contribution in [1.29, 1.82) is 0 Å². The number of oxime groups is 2. The summed E-state index contributed by atoms with van der Waals surface area (Å²) in [4.78, 5) is 14.8. The van der Waals surface area contributed by atoms with E-state index >= 15 is 0 Å². The van der Waals surface area contributed by atoms with Gasteiger partial charge < -0.3 is 14.4 Å². The van der Waals surface area contributed by atoms with Crippen molar-refractivity contribution in [2.24, 2.45) is 10.3 Å². The second kappa shape index (κ2) is 8.28. The largest absolute Gasteiger partial charge is 0.379 e. The molecule has 6 nitrogen and oxygen atoms in total. The molecule has 3 heterocycles. The van der Waals surface area contributed by atoms with Crippen LogP contribution in [0.25, 0.3) is 0 Å². The maximum atomic E-state index is 6.39. The van der Waals surface area contributed by atoms with Gasteiger partial charge in [0.25, 0.3) is 0 Å². The highest BCUT2D eigenvalue weighted by Gasteiger charge is 2.60. The summed E-state index contributed by atoms with van der Waals surface area (Å²) in [6.07, 6.45) is 0.253. The molecule has 0 radical (unpaired) electrons. The van der Waals surface area contributed by atoms with Gasteiger partial charge >= 0.3 is 0 Å². The second-order valence-corrected chi connectivity index (χ2v) is 9.84. The van der Waals surface area contributed by atoms with E-state index in [-0.39, 0.29) is 6.23 Å². The van der Waals surface area contributed by atoms with Crippen molar-refractivity contribution in [3.05, 3.63) is 68.2 Å². The van der Waals surface area contributed by atoms with Gasteiger partial charge in [-0.25, -0.2) is 0 Å². The van der Waals surface area contributed by atoms with Crippen LogP contribution < -0.4 is 0 Å². The van der Waals surface area contributed by atoms with Gasteiger partial charge in [0.05, 0.1) is 18.9 Å². The van der Waals surface area contributed by atoms with Crippen molar-refractivity contribution in [3.63, 3.8) is 0 Å². The van der Waals surface area contributed by atoms with E-state index in [9.17, 15) is 0 Å². The van der Waals surface area contributed by atoms with E-state index in [4.69, 9.17) is 14.4 Å². The number of rotatable bonds is 3. The second-order valence-electron chi connectivity index (χ2n) is 8.92. The lowest BCUT2D eigenvalue weighted by molar-refractivity contribution is -0.159. The van der Waals surface area contributed by atoms with Crippen LogP contribution in [0.15, 0.2) is 45.1 Å². The zero-order valence-electron chi connectivity index (χ0n) is 18.9. The fourth-order valence-electron chi connectivity index (χ4n) is 5.21. The third-order valence-electron chi connectivity index (χ3n) is 6.67. The number of nitrogens with zero attached hydrogens (tertiary/aromatic N) is 3. The third kappa shape index (κ3) is 3.47. The lowest BCUT2D eigenvalue weighted by atomic mass is 9.81. The van der Waals surface area contributed by atoms with Crippen LogP contribution in [-0.4, -0.2) is 54.5 Å². The van der Waals surface area contributed by atoms with Crippen molar-refractivity contribution in [3.8, 4) is 0 Å². The summed E-state index contributed by atoms with van der Waals surface area (Å²) in [5, 5.41) is 9.29. The Morgan fingerprint density at radius 1 is 0.938 bits per heavy atom. The smallest absolute Gasteiger partial charge is 0.241 e. The zero-order chi connectivity index (χ0) is 22.5. The van der Waals surface area contributed by atoms with E-state index in [0.29, 0.717) is 19.6 Å². The molecule has 1 saturated heterocycles. The molecule has 0 aromatic heterocycles. The minimum absolute atomic E-state index is 0.349. The van der Waals surface area contributed by atoms with Gasteiger partial charge in [-0.05, 0) is 62.1 Å². The molecule has 168 valence electrons. The molecule has 0 aliphatic carbocycles. The first kappa shape index (κ1) is 21.6. The third-order valence-corrected chi connectivity index (χ3v) is 7.13. The van der Waals surface area contributed by atoms with E-state index < -0.39 is 5.60 Å². The molecule has 5 rings (SSSR count). The molecule has 0 saturated carbocycles. The topological polar surface area (TPSA) is 55.7 Å². The van der Waals surface area contributed by atoms with Gasteiger partial charge in [-0.2, -0.15) is 0 Å². The fourth-order valence-corrected chi connectivity index (χ4v) is 5.90. The van der Waals surface area contributed by atoms with Crippen LogP contribution >= 0.6 is 15.9 Å². The number of ether oxygens (including phenoxy) is 1. The molecule has 7 heteroatoms. The molecule has 1 spiro atoms. The van der Waals surface area contributed by atoms with E-state index in [0.717, 1.165) is 51.2 Å². The van der Waals surface area contributed by atoms with E-state index in [2.05, 4.69) is 89.2 Å². The average molecular weight is 498 g/mol. The van der Waals surface area contributed by atoms with Gasteiger partial charge in [0.1, 0.15) is 5.71 Å². The molecule has 0 amide bonds. The maximum absolute atomic E-state index is 6.39. The Morgan fingerprint density at radius 3 is 2.25 bits per heavy atom. The minimum Gasteiger partial charge on any atom is -0.379 e. The number of morpholine rings is 1. The molecule has 2 aromatic carbocycles. The maximum Gasteiger partial charge on any atom is 0.241 e. The zero-order valence-corrected chi connectivity index (χ0v) is 20.5. The first-order valence-corrected chi connectivity index (χ1v) is 11.8. The number of aryl methyl sites for hydroxylation is 4. The summed E-state index contributed by atoms with van der Waals surface area (Å²) in [5.41, 5.74) is 7.85. The van der Waals surface area contributed by atoms with Gasteiger partial charge in [-0.3, -0.25) is 4.90 Å². The van der Waals surface area contributed by atoms with E-state index in [1.807, 2.05) is 0 Å². The van der Waals surface area contributed by atoms with Crippen LogP contribution in [0.3, 0.4) is 0 Å². The summed E-state index contributed by atoms with van der Waals surface area (Å²) in [6, 6.07) is 10.5. The van der Waals surface area contributed by atoms with Crippen LogP contribution in [0.2, 0.25) is 0 Å². The Bertz CT molecular complexity index is 1080. The van der Waals surface area contributed by atoms with Crippen LogP contribution in [0.5, 0.6) is 0 Å². The molecular weight excluding hydrogens is 470 g/mol. The van der Waals surface area contributed by atoms with Gasteiger partial charge in [-0.15, -0.1) is 0 Å². The number of hydrogen-bond donors (Lipinski definition) is 0. The molecule has 0 N–H and O–H groups in total. The van der Waals surface area contributed by atoms with Crippen LogP contribution in [0, 0.1) is 27.7 Å². The molecule has 2 aromatic rings. The van der Waals surface area contributed by atoms with Crippen molar-refractivity contribution in [1.82, 2.24) is 4.90 Å². The molecule has 3 aliphatic rings. The van der Waals surface area contributed by atoms with E-state index in [1.54, 1.807) is 0 Å². The molecule has 2 atom stereocenters. The lowest BCUT2D eigenvalue weighted by Crippen LogP contribution is -2.57. The van der Waals surface area contributed by atoms with Crippen LogP contribution in [-0.2, 0) is 14.4 Å². The van der Waals surface area contributed by atoms with Crippen molar-refractivity contribution >= 4 is 27.4 Å². The molecule has 0 bridgehead atoms. The van der Waals surface area contributed by atoms with Gasteiger partial charge in [-0.1, -0.05) is 44.4 Å². The van der Waals surface area contributed by atoms with Crippen LogP contribution in [0.4, 0.5) is 0 Å². The minimum atomic E-state index is -0.796. The first-order chi connectivity index (χ1) is 15.4. The summed E-state index contributed by atoms with van der Waals surface area (Å²) >= 11 is 3.60. The first-order valence-electron chi connectivity index (χ1n) is 11.1. The summed E-state index contributed by atoms with van der Waals surface area (Å²) in [5.74, 6) is 0. The Hall–Kier alpha value is -2.22. The molecule has 32 heavy (non-hydrogen) atoms. The lowest BCUT2D eigenvalue weighted by Gasteiger charge is -2.37. The summed E-state index contributed by atoms with van der Waals surface area (Å²) in [6.45, 7) is 11.4. The highest BCUT2D eigenvalue weighted by atomic mass is 79.9. The predicted octanol–water partition coefficient (Wildman–Crippen LogP) is 4.64. The normalized spacial score (nSPS) is 25.5. The van der Waals surface area contributed by atoms with E-state index in [1.165, 1.54) is 11.1 Å².